The van der Waals surface area contributed by atoms with Gasteiger partial charge in [-0.3, -0.25) is 0 Å². The molecule has 18 heavy (non-hydrogen) atoms. The molecule has 108 valence electrons. The number of nitrogens with one attached hydrogen (secondary N) is 1. The van der Waals surface area contributed by atoms with Crippen molar-refractivity contribution >= 4 is 9.84 Å². The van der Waals surface area contributed by atoms with Crippen molar-refractivity contribution in [2.24, 2.45) is 5.92 Å². The van der Waals surface area contributed by atoms with Crippen LogP contribution in [0.3, 0.4) is 0 Å². The molecule has 1 aliphatic carbocycles. The molecule has 1 fully saturated rings. The average molecular weight is 277 g/mol. The molecule has 0 saturated heterocycles. The lowest BCUT2D eigenvalue weighted by Crippen LogP contribution is -2.39. The first-order valence-corrected chi connectivity index (χ1v) is 8.80. The monoisotopic (exact) mass is 277 g/mol. The predicted molar refractivity (Wildman–Crippen MR) is 74.6 cm³/mol. The third kappa shape index (κ3) is 6.16. The molecule has 0 spiro atoms. The van der Waals surface area contributed by atoms with Crippen LogP contribution in [0.1, 0.15) is 39.0 Å². The fourth-order valence-corrected chi connectivity index (χ4v) is 3.74. The van der Waals surface area contributed by atoms with E-state index < -0.39 is 9.84 Å². The number of sulfone groups is 1. The van der Waals surface area contributed by atoms with Crippen LogP contribution in [0.15, 0.2) is 0 Å². The molecule has 0 amide bonds. The molecule has 0 aromatic rings. The van der Waals surface area contributed by atoms with E-state index in [1.165, 1.54) is 25.7 Å². The van der Waals surface area contributed by atoms with Gasteiger partial charge in [0.2, 0.25) is 0 Å². The van der Waals surface area contributed by atoms with E-state index in [-0.39, 0.29) is 11.5 Å². The SMILES string of the molecule is COCCCS(=O)(=O)CCNC1CCCCC1C. The molecule has 0 aromatic heterocycles. The topological polar surface area (TPSA) is 55.4 Å². The highest BCUT2D eigenvalue weighted by Gasteiger charge is 2.21. The molecule has 0 aromatic carbocycles. The maximum atomic E-state index is 11.7. The third-order valence-electron chi connectivity index (χ3n) is 3.73. The summed E-state index contributed by atoms with van der Waals surface area (Å²) in [6.45, 7) is 3.36. The molecule has 2 unspecified atom stereocenters. The number of hydrogen-bond donors (Lipinski definition) is 1. The molecule has 2 atom stereocenters. The number of methoxy groups -OCH3 is 1. The maximum absolute atomic E-state index is 11.7. The summed E-state index contributed by atoms with van der Waals surface area (Å²) in [5, 5.41) is 3.41. The molecule has 1 aliphatic rings. The van der Waals surface area contributed by atoms with E-state index in [1.807, 2.05) is 0 Å². The van der Waals surface area contributed by atoms with Gasteiger partial charge in [-0.2, -0.15) is 0 Å². The lowest BCUT2D eigenvalue weighted by molar-refractivity contribution is 0.199. The summed E-state index contributed by atoms with van der Waals surface area (Å²) in [6.07, 6.45) is 5.62. The van der Waals surface area contributed by atoms with Gasteiger partial charge < -0.3 is 10.1 Å². The first-order valence-electron chi connectivity index (χ1n) is 6.98. The van der Waals surface area contributed by atoms with Crippen LogP contribution in [0, 0.1) is 5.92 Å². The molecule has 4 nitrogen and oxygen atoms in total. The molecular formula is C13H27NO3S. The molecule has 1 rings (SSSR count). The van der Waals surface area contributed by atoms with E-state index in [4.69, 9.17) is 4.74 Å². The van der Waals surface area contributed by atoms with E-state index in [0.717, 1.165) is 0 Å². The lowest BCUT2D eigenvalue weighted by atomic mass is 9.86. The van der Waals surface area contributed by atoms with E-state index in [2.05, 4.69) is 12.2 Å². The zero-order valence-corrected chi connectivity index (χ0v) is 12.5. The minimum atomic E-state index is -2.91. The zero-order chi connectivity index (χ0) is 13.4. The summed E-state index contributed by atoms with van der Waals surface area (Å²) in [4.78, 5) is 0. The van der Waals surface area contributed by atoms with Crippen LogP contribution in [-0.2, 0) is 14.6 Å². The Labute approximate surface area is 111 Å². The van der Waals surface area contributed by atoms with Gasteiger partial charge in [-0.25, -0.2) is 8.42 Å². The minimum Gasteiger partial charge on any atom is -0.385 e. The number of hydrogen-bond acceptors (Lipinski definition) is 4. The number of rotatable bonds is 8. The Balaban J connectivity index is 2.19. The van der Waals surface area contributed by atoms with E-state index >= 15 is 0 Å². The molecular weight excluding hydrogens is 250 g/mol. The lowest BCUT2D eigenvalue weighted by Gasteiger charge is -2.29. The highest BCUT2D eigenvalue weighted by Crippen LogP contribution is 2.23. The van der Waals surface area contributed by atoms with E-state index in [9.17, 15) is 8.42 Å². The average Bonchev–Trinajstić information content (AvgIpc) is 2.32. The van der Waals surface area contributed by atoms with Gasteiger partial charge in [0.1, 0.15) is 0 Å². The fraction of sp³-hybridized carbons (Fsp3) is 1.00. The van der Waals surface area contributed by atoms with Crippen LogP contribution in [0.2, 0.25) is 0 Å². The summed E-state index contributed by atoms with van der Waals surface area (Å²) in [5.74, 6) is 1.16. The second-order valence-corrected chi connectivity index (χ2v) is 7.62. The van der Waals surface area contributed by atoms with Crippen LogP contribution in [0.5, 0.6) is 0 Å². The zero-order valence-electron chi connectivity index (χ0n) is 11.7. The normalized spacial score (nSPS) is 25.2. The first kappa shape index (κ1) is 15.9. The van der Waals surface area contributed by atoms with Crippen LogP contribution < -0.4 is 5.32 Å². The number of ether oxygens (including phenoxy) is 1. The van der Waals surface area contributed by atoms with E-state index in [1.54, 1.807) is 7.11 Å². The van der Waals surface area contributed by atoms with Crippen molar-refractivity contribution < 1.29 is 13.2 Å². The highest BCUT2D eigenvalue weighted by molar-refractivity contribution is 7.91. The second-order valence-electron chi connectivity index (χ2n) is 5.32. The fourth-order valence-electron chi connectivity index (χ4n) is 2.54. The Morgan fingerprint density at radius 2 is 1.94 bits per heavy atom. The third-order valence-corrected chi connectivity index (χ3v) is 5.47. The summed E-state index contributed by atoms with van der Waals surface area (Å²) < 4.78 is 28.3. The largest absolute Gasteiger partial charge is 0.385 e. The minimum absolute atomic E-state index is 0.239. The van der Waals surface area contributed by atoms with Gasteiger partial charge in [-0.1, -0.05) is 19.8 Å². The summed E-state index contributed by atoms with van der Waals surface area (Å²) in [6, 6.07) is 0.507. The quantitative estimate of drug-likeness (QED) is 0.685. The Morgan fingerprint density at radius 1 is 1.22 bits per heavy atom. The summed E-state index contributed by atoms with van der Waals surface area (Å²) in [7, 11) is -1.32. The molecule has 0 bridgehead atoms. The summed E-state index contributed by atoms with van der Waals surface area (Å²) >= 11 is 0. The summed E-state index contributed by atoms with van der Waals surface area (Å²) in [5.41, 5.74) is 0. The Hall–Kier alpha value is -0.130. The highest BCUT2D eigenvalue weighted by atomic mass is 32.2. The van der Waals surface area contributed by atoms with E-state index in [0.29, 0.717) is 31.5 Å². The van der Waals surface area contributed by atoms with Gasteiger partial charge in [0.25, 0.3) is 0 Å². The van der Waals surface area contributed by atoms with Gasteiger partial charge >= 0.3 is 0 Å². The first-order chi connectivity index (χ1) is 8.55. The van der Waals surface area contributed by atoms with Crippen molar-refractivity contribution in [3.63, 3.8) is 0 Å². The van der Waals surface area contributed by atoms with Crippen molar-refractivity contribution in [1.82, 2.24) is 5.32 Å². The van der Waals surface area contributed by atoms with Crippen molar-refractivity contribution in [1.29, 1.82) is 0 Å². The standard InChI is InChI=1S/C13H27NO3S/c1-12-6-3-4-7-13(12)14-8-11-18(15,16)10-5-9-17-2/h12-14H,3-11H2,1-2H3. The van der Waals surface area contributed by atoms with Crippen LogP contribution in [-0.4, -0.2) is 46.2 Å². The predicted octanol–water partition coefficient (Wildman–Crippen LogP) is 1.61. The Kier molecular flexibility index (Phi) is 7.19. The Bertz CT molecular complexity index is 316. The molecule has 0 heterocycles. The second kappa shape index (κ2) is 8.12. The maximum Gasteiger partial charge on any atom is 0.151 e. The molecule has 1 N–H and O–H groups in total. The van der Waals surface area contributed by atoms with Gasteiger partial charge in [0.15, 0.2) is 9.84 Å². The molecule has 5 heteroatoms. The van der Waals surface area contributed by atoms with Crippen LogP contribution in [0.25, 0.3) is 0 Å². The van der Waals surface area contributed by atoms with Crippen molar-refractivity contribution in [3.8, 4) is 0 Å². The molecule has 0 aliphatic heterocycles. The molecule has 1 saturated carbocycles. The smallest absolute Gasteiger partial charge is 0.151 e. The van der Waals surface area contributed by atoms with Gasteiger partial charge in [0.05, 0.1) is 11.5 Å². The van der Waals surface area contributed by atoms with Gasteiger partial charge in [-0.15, -0.1) is 0 Å². The Morgan fingerprint density at radius 3 is 2.61 bits per heavy atom. The van der Waals surface area contributed by atoms with Gasteiger partial charge in [0, 0.05) is 26.3 Å². The van der Waals surface area contributed by atoms with Crippen molar-refractivity contribution in [2.45, 2.75) is 45.1 Å². The van der Waals surface area contributed by atoms with Crippen molar-refractivity contribution in [3.05, 3.63) is 0 Å². The van der Waals surface area contributed by atoms with Crippen LogP contribution >= 0.6 is 0 Å². The van der Waals surface area contributed by atoms with Crippen LogP contribution in [0.4, 0.5) is 0 Å². The molecule has 0 radical (unpaired) electrons. The van der Waals surface area contributed by atoms with Crippen molar-refractivity contribution in [2.75, 3.05) is 31.8 Å². The van der Waals surface area contributed by atoms with Gasteiger partial charge in [-0.05, 0) is 25.2 Å².